The highest BCUT2D eigenvalue weighted by atomic mass is 32.2. The highest BCUT2D eigenvalue weighted by molar-refractivity contribution is 7.89. The van der Waals surface area contributed by atoms with Crippen LogP contribution in [0.2, 0.25) is 0 Å². The van der Waals surface area contributed by atoms with Crippen LogP contribution in [-0.4, -0.2) is 61.9 Å². The van der Waals surface area contributed by atoms with Crippen LogP contribution in [0.4, 0.5) is 0 Å². The molecular weight excluding hydrogens is 292 g/mol. The molecule has 1 saturated carbocycles. The van der Waals surface area contributed by atoms with Gasteiger partial charge in [0.2, 0.25) is 10.0 Å². The number of amides is 1. The summed E-state index contributed by atoms with van der Waals surface area (Å²) in [4.78, 5) is 14.2. The normalized spacial score (nSPS) is 15.2. The highest BCUT2D eigenvalue weighted by Crippen LogP contribution is 2.28. The van der Waals surface area contributed by atoms with Crippen molar-refractivity contribution < 1.29 is 18.3 Å². The molecule has 1 aliphatic carbocycles. The first-order valence-electron chi connectivity index (χ1n) is 6.82. The number of benzene rings is 1. The summed E-state index contributed by atoms with van der Waals surface area (Å²) < 4.78 is 25.1. The standard InChI is InChI=1S/C14H20N2O4S/c1-15(2)21(19,20)13-7-3-11(4-8-13)14(18)16(9-10-17)12-5-6-12/h3-4,7-8,12,17H,5-6,9-10H2,1-2H3. The van der Waals surface area contributed by atoms with E-state index in [-0.39, 0.29) is 23.5 Å². The Labute approximate surface area is 125 Å². The van der Waals surface area contributed by atoms with E-state index in [0.29, 0.717) is 12.1 Å². The third kappa shape index (κ3) is 3.42. The van der Waals surface area contributed by atoms with Gasteiger partial charge in [0.25, 0.3) is 5.91 Å². The maximum atomic E-state index is 12.4. The molecule has 1 aromatic carbocycles. The smallest absolute Gasteiger partial charge is 0.254 e. The zero-order chi connectivity index (χ0) is 15.6. The first-order valence-corrected chi connectivity index (χ1v) is 8.26. The molecule has 7 heteroatoms. The number of rotatable bonds is 6. The number of carbonyl (C=O) groups is 1. The molecule has 0 saturated heterocycles. The molecule has 0 aliphatic heterocycles. The molecular formula is C14H20N2O4S. The molecule has 1 amide bonds. The van der Waals surface area contributed by atoms with Crippen molar-refractivity contribution >= 4 is 15.9 Å². The largest absolute Gasteiger partial charge is 0.395 e. The van der Waals surface area contributed by atoms with Crippen molar-refractivity contribution in [2.45, 2.75) is 23.8 Å². The van der Waals surface area contributed by atoms with E-state index < -0.39 is 10.0 Å². The predicted octanol–water partition coefficient (Wildman–Crippen LogP) is 0.534. The van der Waals surface area contributed by atoms with E-state index >= 15 is 0 Å². The van der Waals surface area contributed by atoms with Crippen LogP contribution >= 0.6 is 0 Å². The van der Waals surface area contributed by atoms with E-state index in [4.69, 9.17) is 5.11 Å². The van der Waals surface area contributed by atoms with E-state index in [1.54, 1.807) is 4.90 Å². The fourth-order valence-electron chi connectivity index (χ4n) is 2.09. The van der Waals surface area contributed by atoms with Crippen molar-refractivity contribution in [2.75, 3.05) is 27.2 Å². The van der Waals surface area contributed by atoms with Gasteiger partial charge >= 0.3 is 0 Å². The molecule has 1 fully saturated rings. The molecule has 6 nitrogen and oxygen atoms in total. The SMILES string of the molecule is CN(C)S(=O)(=O)c1ccc(C(=O)N(CCO)C2CC2)cc1. The second kappa shape index (κ2) is 6.13. The Kier molecular flexibility index (Phi) is 4.65. The average molecular weight is 312 g/mol. The average Bonchev–Trinajstić information content (AvgIpc) is 3.28. The van der Waals surface area contributed by atoms with Gasteiger partial charge in [-0.3, -0.25) is 4.79 Å². The number of sulfonamides is 1. The van der Waals surface area contributed by atoms with Crippen molar-refractivity contribution in [3.05, 3.63) is 29.8 Å². The van der Waals surface area contributed by atoms with Gasteiger partial charge in [0.1, 0.15) is 0 Å². The summed E-state index contributed by atoms with van der Waals surface area (Å²) in [5, 5.41) is 9.04. The lowest BCUT2D eigenvalue weighted by molar-refractivity contribution is 0.0707. The Balaban J connectivity index is 2.20. The zero-order valence-corrected chi connectivity index (χ0v) is 13.0. The molecule has 21 heavy (non-hydrogen) atoms. The number of aliphatic hydroxyl groups excluding tert-OH is 1. The molecule has 0 aromatic heterocycles. The maximum absolute atomic E-state index is 12.4. The molecule has 0 unspecified atom stereocenters. The minimum Gasteiger partial charge on any atom is -0.395 e. The van der Waals surface area contributed by atoms with Gasteiger partial charge in [0, 0.05) is 32.2 Å². The summed E-state index contributed by atoms with van der Waals surface area (Å²) in [6.45, 7) is 0.233. The van der Waals surface area contributed by atoms with Crippen LogP contribution < -0.4 is 0 Å². The molecule has 1 aromatic rings. The quantitative estimate of drug-likeness (QED) is 0.831. The summed E-state index contributed by atoms with van der Waals surface area (Å²) >= 11 is 0. The van der Waals surface area contributed by atoms with Crippen molar-refractivity contribution in [3.63, 3.8) is 0 Å². The molecule has 1 aliphatic rings. The number of carbonyl (C=O) groups excluding carboxylic acids is 1. The Morgan fingerprint density at radius 3 is 2.24 bits per heavy atom. The summed E-state index contributed by atoms with van der Waals surface area (Å²) in [6.07, 6.45) is 1.91. The lowest BCUT2D eigenvalue weighted by Gasteiger charge is -2.21. The van der Waals surface area contributed by atoms with Gasteiger partial charge in [0.05, 0.1) is 11.5 Å². The third-order valence-corrected chi connectivity index (χ3v) is 5.30. The van der Waals surface area contributed by atoms with Crippen LogP contribution in [-0.2, 0) is 10.0 Å². The summed E-state index contributed by atoms with van der Waals surface area (Å²) in [5.41, 5.74) is 0.438. The predicted molar refractivity (Wildman–Crippen MR) is 78.5 cm³/mol. The molecule has 116 valence electrons. The third-order valence-electron chi connectivity index (χ3n) is 3.47. The van der Waals surface area contributed by atoms with Gasteiger partial charge in [-0.2, -0.15) is 0 Å². The molecule has 0 atom stereocenters. The van der Waals surface area contributed by atoms with Gasteiger partial charge in [-0.25, -0.2) is 12.7 Å². The van der Waals surface area contributed by atoms with E-state index in [1.165, 1.54) is 38.4 Å². The number of hydrogen-bond acceptors (Lipinski definition) is 4. The number of nitrogens with zero attached hydrogens (tertiary/aromatic N) is 2. The topological polar surface area (TPSA) is 77.9 Å². The van der Waals surface area contributed by atoms with Crippen molar-refractivity contribution in [2.24, 2.45) is 0 Å². The molecule has 0 heterocycles. The first-order chi connectivity index (χ1) is 9.87. The highest BCUT2D eigenvalue weighted by Gasteiger charge is 2.32. The van der Waals surface area contributed by atoms with E-state index in [2.05, 4.69) is 0 Å². The molecule has 1 N–H and O–H groups in total. The van der Waals surface area contributed by atoms with Crippen LogP contribution in [0.5, 0.6) is 0 Å². The van der Waals surface area contributed by atoms with E-state index in [0.717, 1.165) is 17.1 Å². The van der Waals surface area contributed by atoms with Crippen molar-refractivity contribution in [1.82, 2.24) is 9.21 Å². The molecule has 0 radical (unpaired) electrons. The monoisotopic (exact) mass is 312 g/mol. The van der Waals surface area contributed by atoms with Gasteiger partial charge in [-0.05, 0) is 37.1 Å². The van der Waals surface area contributed by atoms with E-state index in [1.807, 2.05) is 0 Å². The molecule has 2 rings (SSSR count). The Morgan fingerprint density at radius 2 is 1.81 bits per heavy atom. The van der Waals surface area contributed by atoms with Crippen LogP contribution in [0.1, 0.15) is 23.2 Å². The van der Waals surface area contributed by atoms with Gasteiger partial charge in [-0.15, -0.1) is 0 Å². The van der Waals surface area contributed by atoms with Crippen LogP contribution in [0.15, 0.2) is 29.2 Å². The van der Waals surface area contributed by atoms with Crippen molar-refractivity contribution in [3.8, 4) is 0 Å². The van der Waals surface area contributed by atoms with Gasteiger partial charge in [-0.1, -0.05) is 0 Å². The van der Waals surface area contributed by atoms with Crippen LogP contribution in [0, 0.1) is 0 Å². The summed E-state index contributed by atoms with van der Waals surface area (Å²) in [7, 11) is -0.560. The van der Waals surface area contributed by atoms with E-state index in [9.17, 15) is 13.2 Å². The van der Waals surface area contributed by atoms with Crippen molar-refractivity contribution in [1.29, 1.82) is 0 Å². The minimum absolute atomic E-state index is 0.0741. The second-order valence-corrected chi connectivity index (χ2v) is 7.42. The Hall–Kier alpha value is -1.44. The lowest BCUT2D eigenvalue weighted by Crippen LogP contribution is -2.35. The number of aliphatic hydroxyl groups is 1. The zero-order valence-electron chi connectivity index (χ0n) is 12.2. The maximum Gasteiger partial charge on any atom is 0.254 e. The fourth-order valence-corrected chi connectivity index (χ4v) is 2.99. The summed E-state index contributed by atoms with van der Waals surface area (Å²) in [5.74, 6) is -0.166. The lowest BCUT2D eigenvalue weighted by atomic mass is 10.2. The second-order valence-electron chi connectivity index (χ2n) is 5.27. The number of hydrogen-bond donors (Lipinski definition) is 1. The molecule has 0 bridgehead atoms. The first kappa shape index (κ1) is 15.9. The Bertz CT molecular complexity index is 606. The van der Waals surface area contributed by atoms with Gasteiger partial charge < -0.3 is 10.0 Å². The summed E-state index contributed by atoms with van der Waals surface area (Å²) in [6, 6.07) is 6.12. The Morgan fingerprint density at radius 1 is 1.24 bits per heavy atom. The van der Waals surface area contributed by atoms with Gasteiger partial charge in [0.15, 0.2) is 0 Å². The fraction of sp³-hybridized carbons (Fsp3) is 0.500. The minimum atomic E-state index is -3.49. The van der Waals surface area contributed by atoms with Crippen LogP contribution in [0.3, 0.4) is 0 Å². The molecule has 0 spiro atoms. The van der Waals surface area contributed by atoms with Crippen LogP contribution in [0.25, 0.3) is 0 Å².